The van der Waals surface area contributed by atoms with Crippen LogP contribution in [0.3, 0.4) is 0 Å². The van der Waals surface area contributed by atoms with Crippen LogP contribution in [-0.4, -0.2) is 35.2 Å². The molecule has 0 aliphatic heterocycles. The topological polar surface area (TPSA) is 63.5 Å². The number of aliphatic imine (C=N–C) groups is 1. The maximum Gasteiger partial charge on any atom is 0.191 e. The molecule has 0 radical (unpaired) electrons. The minimum Gasteiger partial charge on any atom is -0.376 e. The van der Waals surface area contributed by atoms with E-state index in [4.69, 9.17) is 9.73 Å². The highest BCUT2D eigenvalue weighted by Gasteiger charge is 2.07. The van der Waals surface area contributed by atoms with Crippen LogP contribution < -0.4 is 10.6 Å². The van der Waals surface area contributed by atoms with Crippen molar-refractivity contribution in [2.24, 2.45) is 16.8 Å². The van der Waals surface area contributed by atoms with Crippen LogP contribution in [0.5, 0.6) is 0 Å². The lowest BCUT2D eigenvalue weighted by Gasteiger charge is -2.16. The number of rotatable bonds is 11. The third-order valence-electron chi connectivity index (χ3n) is 4.22. The number of hydrogen-bond acceptors (Lipinski definition) is 3. The Hall–Kier alpha value is -2.34. The molecular weight excluding hydrogens is 350 g/mol. The van der Waals surface area contributed by atoms with Crippen molar-refractivity contribution in [1.29, 1.82) is 0 Å². The zero-order valence-electron chi connectivity index (χ0n) is 17.7. The van der Waals surface area contributed by atoms with Gasteiger partial charge in [-0.1, -0.05) is 51.1 Å². The average molecular weight is 386 g/mol. The lowest BCUT2D eigenvalue weighted by atomic mass is 10.2. The summed E-state index contributed by atoms with van der Waals surface area (Å²) >= 11 is 0. The lowest BCUT2D eigenvalue weighted by molar-refractivity contribution is 0.0931. The molecule has 6 nitrogen and oxygen atoms in total. The lowest BCUT2D eigenvalue weighted by Crippen LogP contribution is -2.40. The van der Waals surface area contributed by atoms with Gasteiger partial charge in [-0.2, -0.15) is 0 Å². The summed E-state index contributed by atoms with van der Waals surface area (Å²) in [5.74, 6) is 2.78. The molecule has 28 heavy (non-hydrogen) atoms. The second kappa shape index (κ2) is 12.2. The van der Waals surface area contributed by atoms with Crippen molar-refractivity contribution in [2.75, 3.05) is 19.7 Å². The molecule has 154 valence electrons. The summed E-state index contributed by atoms with van der Waals surface area (Å²) in [6.45, 7) is 13.2. The predicted molar refractivity (Wildman–Crippen MR) is 115 cm³/mol. The minimum atomic E-state index is 0.385. The van der Waals surface area contributed by atoms with Crippen LogP contribution in [-0.2, 0) is 24.4 Å². The zero-order chi connectivity index (χ0) is 20.2. The number of imidazole rings is 1. The molecule has 2 rings (SSSR count). The molecule has 0 spiro atoms. The van der Waals surface area contributed by atoms with Crippen LogP contribution >= 0.6 is 0 Å². The van der Waals surface area contributed by atoms with Crippen molar-refractivity contribution in [3.05, 3.63) is 54.1 Å². The van der Waals surface area contributed by atoms with E-state index in [0.29, 0.717) is 31.6 Å². The van der Waals surface area contributed by atoms with E-state index in [1.807, 2.05) is 30.6 Å². The van der Waals surface area contributed by atoms with Crippen LogP contribution in [0.4, 0.5) is 0 Å². The summed E-state index contributed by atoms with van der Waals surface area (Å²) in [4.78, 5) is 9.14. The number of nitrogens with zero attached hydrogens (tertiary/aromatic N) is 3. The van der Waals surface area contributed by atoms with Gasteiger partial charge in [0.05, 0.1) is 13.2 Å². The maximum atomic E-state index is 5.83. The van der Waals surface area contributed by atoms with Gasteiger partial charge in [-0.05, 0) is 24.3 Å². The molecule has 2 N–H and O–H groups in total. The largest absolute Gasteiger partial charge is 0.376 e. The third-order valence-corrected chi connectivity index (χ3v) is 4.22. The first-order chi connectivity index (χ1) is 13.6. The van der Waals surface area contributed by atoms with Crippen molar-refractivity contribution in [3.63, 3.8) is 0 Å². The van der Waals surface area contributed by atoms with Crippen molar-refractivity contribution in [3.8, 4) is 0 Å². The number of guanidine groups is 1. The van der Waals surface area contributed by atoms with E-state index in [1.165, 1.54) is 5.56 Å². The standard InChI is InChI=1S/C22H35N5O/c1-5-23-22(26-14-21-24-11-12-27(21)15-18(2)3)25-13-19(4)16-28-17-20-9-7-6-8-10-20/h6-12,18-19H,5,13-17H2,1-4H3,(H2,23,25,26). The van der Waals surface area contributed by atoms with Gasteiger partial charge in [-0.25, -0.2) is 9.98 Å². The van der Waals surface area contributed by atoms with Crippen LogP contribution in [0.1, 0.15) is 39.1 Å². The molecule has 0 fully saturated rings. The van der Waals surface area contributed by atoms with Crippen LogP contribution in [0, 0.1) is 11.8 Å². The Kier molecular flexibility index (Phi) is 9.55. The van der Waals surface area contributed by atoms with E-state index < -0.39 is 0 Å². The molecular formula is C22H35N5O. The Bertz CT molecular complexity index is 696. The van der Waals surface area contributed by atoms with Gasteiger partial charge in [0.15, 0.2) is 5.96 Å². The predicted octanol–water partition coefficient (Wildman–Crippen LogP) is 3.45. The molecule has 1 heterocycles. The molecule has 6 heteroatoms. The molecule has 0 saturated heterocycles. The second-order valence-electron chi connectivity index (χ2n) is 7.57. The van der Waals surface area contributed by atoms with Gasteiger partial charge >= 0.3 is 0 Å². The number of benzene rings is 1. The number of hydrogen-bond donors (Lipinski definition) is 2. The maximum absolute atomic E-state index is 5.83. The van der Waals surface area contributed by atoms with Crippen LogP contribution in [0.15, 0.2) is 47.7 Å². The Morgan fingerprint density at radius 3 is 2.68 bits per heavy atom. The van der Waals surface area contributed by atoms with Gasteiger partial charge in [0, 0.05) is 32.0 Å². The smallest absolute Gasteiger partial charge is 0.191 e. The molecule has 0 amide bonds. The zero-order valence-corrected chi connectivity index (χ0v) is 17.7. The SMILES string of the molecule is CCNC(=NCc1nccn1CC(C)C)NCC(C)COCc1ccccc1. The Labute approximate surface area is 169 Å². The van der Waals surface area contributed by atoms with E-state index in [-0.39, 0.29) is 0 Å². The van der Waals surface area contributed by atoms with E-state index >= 15 is 0 Å². The molecule has 0 aliphatic carbocycles. The quantitative estimate of drug-likeness (QED) is 0.459. The first kappa shape index (κ1) is 22.0. The highest BCUT2D eigenvalue weighted by atomic mass is 16.5. The van der Waals surface area contributed by atoms with Crippen molar-refractivity contribution in [2.45, 2.75) is 47.4 Å². The van der Waals surface area contributed by atoms with E-state index in [0.717, 1.165) is 31.4 Å². The van der Waals surface area contributed by atoms with E-state index in [1.54, 1.807) is 0 Å². The van der Waals surface area contributed by atoms with Gasteiger partial charge < -0.3 is 19.9 Å². The van der Waals surface area contributed by atoms with Crippen LogP contribution in [0.25, 0.3) is 0 Å². The van der Waals surface area contributed by atoms with Crippen molar-refractivity contribution in [1.82, 2.24) is 20.2 Å². The number of nitrogens with one attached hydrogen (secondary N) is 2. The third kappa shape index (κ3) is 8.13. The normalized spacial score (nSPS) is 13.0. The first-order valence-electron chi connectivity index (χ1n) is 10.2. The molecule has 1 atom stereocenters. The van der Waals surface area contributed by atoms with Gasteiger partial charge in [0.25, 0.3) is 0 Å². The summed E-state index contributed by atoms with van der Waals surface area (Å²) in [6, 6.07) is 10.3. The minimum absolute atomic E-state index is 0.385. The van der Waals surface area contributed by atoms with Gasteiger partial charge in [0.2, 0.25) is 0 Å². The highest BCUT2D eigenvalue weighted by molar-refractivity contribution is 5.79. The van der Waals surface area contributed by atoms with Gasteiger partial charge in [-0.15, -0.1) is 0 Å². The summed E-state index contributed by atoms with van der Waals surface area (Å²) in [6.07, 6.45) is 3.87. The molecule has 1 unspecified atom stereocenters. The number of aromatic nitrogens is 2. The summed E-state index contributed by atoms with van der Waals surface area (Å²) in [7, 11) is 0. The molecule has 2 aromatic rings. The van der Waals surface area contributed by atoms with E-state index in [2.05, 4.69) is 60.0 Å². The molecule has 0 bridgehead atoms. The fraction of sp³-hybridized carbons (Fsp3) is 0.545. The Balaban J connectivity index is 1.78. The molecule has 1 aromatic carbocycles. The fourth-order valence-corrected chi connectivity index (χ4v) is 2.82. The van der Waals surface area contributed by atoms with Gasteiger partial charge in [-0.3, -0.25) is 0 Å². The Morgan fingerprint density at radius 1 is 1.18 bits per heavy atom. The molecule has 0 aliphatic rings. The second-order valence-corrected chi connectivity index (χ2v) is 7.57. The fourth-order valence-electron chi connectivity index (χ4n) is 2.82. The Morgan fingerprint density at radius 2 is 1.96 bits per heavy atom. The molecule has 0 saturated carbocycles. The number of ether oxygens (including phenoxy) is 1. The van der Waals surface area contributed by atoms with Crippen molar-refractivity contribution >= 4 is 5.96 Å². The molecule has 1 aromatic heterocycles. The van der Waals surface area contributed by atoms with Crippen molar-refractivity contribution < 1.29 is 4.74 Å². The van der Waals surface area contributed by atoms with Crippen LogP contribution in [0.2, 0.25) is 0 Å². The highest BCUT2D eigenvalue weighted by Crippen LogP contribution is 2.05. The van der Waals surface area contributed by atoms with Gasteiger partial charge in [0.1, 0.15) is 12.4 Å². The summed E-state index contributed by atoms with van der Waals surface area (Å²) in [5.41, 5.74) is 1.20. The average Bonchev–Trinajstić information content (AvgIpc) is 3.11. The summed E-state index contributed by atoms with van der Waals surface area (Å²) in [5, 5.41) is 6.72. The van der Waals surface area contributed by atoms with E-state index in [9.17, 15) is 0 Å². The monoisotopic (exact) mass is 385 g/mol. The first-order valence-corrected chi connectivity index (χ1v) is 10.2. The summed E-state index contributed by atoms with van der Waals surface area (Å²) < 4.78 is 8.01.